The molecule has 6 heteroatoms. The molecule has 2 aliphatic rings. The van der Waals surface area contributed by atoms with Gasteiger partial charge in [-0.25, -0.2) is 4.98 Å². The van der Waals surface area contributed by atoms with E-state index in [1.165, 1.54) is 0 Å². The van der Waals surface area contributed by atoms with E-state index < -0.39 is 0 Å². The maximum Gasteiger partial charge on any atom is 0.251 e. The Morgan fingerprint density at radius 2 is 1.72 bits per heavy atom. The zero-order valence-electron chi connectivity index (χ0n) is 15.9. The minimum Gasteiger partial charge on any atom is -0.490 e. The molecule has 3 heterocycles. The standard InChI is InChI=1S/C23H21N3O3/c24-22-19(15-2-4-18-16(10-15)6-7-25-23(18)27)11-17(13-26-22)14-3-5-20-21(12-14)29-9-1-8-28-20/h2-5,10-13H,1,6-9H2,(H2,24,26)(H,25,27). The van der Waals surface area contributed by atoms with Gasteiger partial charge < -0.3 is 20.5 Å². The maximum absolute atomic E-state index is 12.0. The summed E-state index contributed by atoms with van der Waals surface area (Å²) >= 11 is 0. The Kier molecular flexibility index (Phi) is 4.31. The number of pyridine rings is 1. The van der Waals surface area contributed by atoms with Crippen molar-refractivity contribution in [3.63, 3.8) is 0 Å². The third-order valence-corrected chi connectivity index (χ3v) is 5.34. The minimum atomic E-state index is -0.0233. The highest BCUT2D eigenvalue weighted by molar-refractivity contribution is 5.97. The first-order chi connectivity index (χ1) is 14.2. The molecular formula is C23H21N3O3. The number of nitrogens with zero attached hydrogens (tertiary/aromatic N) is 1. The van der Waals surface area contributed by atoms with Gasteiger partial charge in [-0.1, -0.05) is 18.2 Å². The van der Waals surface area contributed by atoms with Crippen LogP contribution in [0.4, 0.5) is 5.82 Å². The van der Waals surface area contributed by atoms with Gasteiger partial charge in [0.2, 0.25) is 0 Å². The van der Waals surface area contributed by atoms with Crippen molar-refractivity contribution in [1.82, 2.24) is 10.3 Å². The first-order valence-electron chi connectivity index (χ1n) is 9.76. The molecule has 0 bridgehead atoms. The highest BCUT2D eigenvalue weighted by atomic mass is 16.5. The summed E-state index contributed by atoms with van der Waals surface area (Å²) in [7, 11) is 0. The number of aromatic nitrogens is 1. The van der Waals surface area contributed by atoms with E-state index in [0.717, 1.165) is 57.7 Å². The molecule has 0 spiro atoms. The average molecular weight is 387 g/mol. The van der Waals surface area contributed by atoms with Crippen LogP contribution in [0.3, 0.4) is 0 Å². The number of benzene rings is 2. The van der Waals surface area contributed by atoms with Gasteiger partial charge in [-0.3, -0.25) is 4.79 Å². The van der Waals surface area contributed by atoms with Crippen molar-refractivity contribution in [2.75, 3.05) is 25.5 Å². The number of ether oxygens (including phenoxy) is 2. The molecular weight excluding hydrogens is 366 g/mol. The number of amides is 1. The molecule has 0 saturated carbocycles. The van der Waals surface area contributed by atoms with Crippen LogP contribution in [0.25, 0.3) is 22.3 Å². The summed E-state index contributed by atoms with van der Waals surface area (Å²) in [5, 5.41) is 2.87. The fraction of sp³-hybridized carbons (Fsp3) is 0.217. The average Bonchev–Trinajstić information content (AvgIpc) is 2.99. The van der Waals surface area contributed by atoms with Gasteiger partial charge in [0, 0.05) is 35.9 Å². The van der Waals surface area contributed by atoms with E-state index in [0.29, 0.717) is 25.6 Å². The lowest BCUT2D eigenvalue weighted by atomic mass is 9.94. The van der Waals surface area contributed by atoms with E-state index in [9.17, 15) is 4.79 Å². The first kappa shape index (κ1) is 17.6. The van der Waals surface area contributed by atoms with Crippen LogP contribution in [0.2, 0.25) is 0 Å². The molecule has 1 amide bonds. The van der Waals surface area contributed by atoms with Crippen molar-refractivity contribution in [3.05, 3.63) is 59.8 Å². The minimum absolute atomic E-state index is 0.0233. The fourth-order valence-electron chi connectivity index (χ4n) is 3.80. The quantitative estimate of drug-likeness (QED) is 0.703. The van der Waals surface area contributed by atoms with Crippen molar-refractivity contribution in [1.29, 1.82) is 0 Å². The number of fused-ring (bicyclic) bond motifs is 2. The predicted molar refractivity (Wildman–Crippen MR) is 111 cm³/mol. The molecule has 0 unspecified atom stereocenters. The molecule has 5 rings (SSSR count). The van der Waals surface area contributed by atoms with Crippen LogP contribution < -0.4 is 20.5 Å². The Bertz CT molecular complexity index is 1110. The van der Waals surface area contributed by atoms with Crippen LogP contribution in [0.1, 0.15) is 22.3 Å². The maximum atomic E-state index is 12.0. The monoisotopic (exact) mass is 387 g/mol. The van der Waals surface area contributed by atoms with E-state index in [1.807, 2.05) is 42.5 Å². The van der Waals surface area contributed by atoms with Gasteiger partial charge in [-0.05, 0) is 47.4 Å². The second-order valence-electron chi connectivity index (χ2n) is 7.25. The first-order valence-corrected chi connectivity index (χ1v) is 9.76. The molecule has 146 valence electrons. The van der Waals surface area contributed by atoms with Gasteiger partial charge in [-0.2, -0.15) is 0 Å². The zero-order valence-corrected chi connectivity index (χ0v) is 15.9. The smallest absolute Gasteiger partial charge is 0.251 e. The van der Waals surface area contributed by atoms with Crippen molar-refractivity contribution >= 4 is 11.7 Å². The number of nitrogens with two attached hydrogens (primary N) is 1. The van der Waals surface area contributed by atoms with Gasteiger partial charge in [0.1, 0.15) is 5.82 Å². The van der Waals surface area contributed by atoms with Crippen LogP contribution in [0, 0.1) is 0 Å². The van der Waals surface area contributed by atoms with Gasteiger partial charge >= 0.3 is 0 Å². The lowest BCUT2D eigenvalue weighted by Gasteiger charge is -2.18. The fourth-order valence-corrected chi connectivity index (χ4v) is 3.80. The molecule has 0 fully saturated rings. The third-order valence-electron chi connectivity index (χ3n) is 5.34. The van der Waals surface area contributed by atoms with Crippen molar-refractivity contribution in [2.24, 2.45) is 0 Å². The molecule has 1 aromatic heterocycles. The van der Waals surface area contributed by atoms with Gasteiger partial charge in [0.25, 0.3) is 5.91 Å². The predicted octanol–water partition coefficient (Wildman–Crippen LogP) is 3.45. The Hall–Kier alpha value is -3.54. The van der Waals surface area contributed by atoms with Gasteiger partial charge in [-0.15, -0.1) is 0 Å². The summed E-state index contributed by atoms with van der Waals surface area (Å²) in [4.78, 5) is 16.4. The number of nitrogens with one attached hydrogen (secondary N) is 1. The molecule has 0 saturated heterocycles. The summed E-state index contributed by atoms with van der Waals surface area (Å²) < 4.78 is 11.5. The van der Waals surface area contributed by atoms with E-state index >= 15 is 0 Å². The Morgan fingerprint density at radius 3 is 2.62 bits per heavy atom. The normalized spacial score (nSPS) is 15.2. The Morgan fingerprint density at radius 1 is 0.897 bits per heavy atom. The molecule has 2 aromatic carbocycles. The van der Waals surface area contributed by atoms with Crippen molar-refractivity contribution < 1.29 is 14.3 Å². The summed E-state index contributed by atoms with van der Waals surface area (Å²) in [5.41, 5.74) is 11.7. The number of carbonyl (C=O) groups is 1. The van der Waals surface area contributed by atoms with E-state index in [2.05, 4.69) is 10.3 Å². The number of hydrogen-bond donors (Lipinski definition) is 2. The Balaban J connectivity index is 1.55. The lowest BCUT2D eigenvalue weighted by Crippen LogP contribution is -2.31. The topological polar surface area (TPSA) is 86.5 Å². The number of anilines is 1. The number of rotatable bonds is 2. The molecule has 0 aliphatic carbocycles. The summed E-state index contributed by atoms with van der Waals surface area (Å²) in [5.74, 6) is 1.95. The molecule has 3 aromatic rings. The number of hydrogen-bond acceptors (Lipinski definition) is 5. The second kappa shape index (κ2) is 7.13. The number of nitrogen functional groups attached to an aromatic ring is 1. The van der Waals surface area contributed by atoms with Crippen LogP contribution in [0.15, 0.2) is 48.7 Å². The summed E-state index contributed by atoms with van der Waals surface area (Å²) in [6.45, 7) is 1.96. The van der Waals surface area contributed by atoms with Crippen LogP contribution >= 0.6 is 0 Å². The summed E-state index contributed by atoms with van der Waals surface area (Å²) in [6.07, 6.45) is 3.45. The highest BCUT2D eigenvalue weighted by Gasteiger charge is 2.18. The third kappa shape index (κ3) is 3.27. The molecule has 0 atom stereocenters. The molecule has 3 N–H and O–H groups in total. The van der Waals surface area contributed by atoms with Crippen LogP contribution in [0.5, 0.6) is 11.5 Å². The number of carbonyl (C=O) groups excluding carboxylic acids is 1. The Labute approximate surface area is 168 Å². The van der Waals surface area contributed by atoms with Crippen molar-refractivity contribution in [2.45, 2.75) is 12.8 Å². The van der Waals surface area contributed by atoms with Crippen LogP contribution in [-0.2, 0) is 6.42 Å². The van der Waals surface area contributed by atoms with Gasteiger partial charge in [0.15, 0.2) is 11.5 Å². The zero-order chi connectivity index (χ0) is 19.8. The highest BCUT2D eigenvalue weighted by Crippen LogP contribution is 2.36. The lowest BCUT2D eigenvalue weighted by molar-refractivity contribution is 0.0946. The van der Waals surface area contributed by atoms with E-state index in [4.69, 9.17) is 15.2 Å². The van der Waals surface area contributed by atoms with E-state index in [-0.39, 0.29) is 5.91 Å². The van der Waals surface area contributed by atoms with Crippen molar-refractivity contribution in [3.8, 4) is 33.8 Å². The molecule has 29 heavy (non-hydrogen) atoms. The SMILES string of the molecule is Nc1ncc(-c2ccc3c(c2)OCCCO3)cc1-c1ccc2c(c1)CCNC2=O. The molecule has 0 radical (unpaired) electrons. The molecule has 6 nitrogen and oxygen atoms in total. The second-order valence-corrected chi connectivity index (χ2v) is 7.25. The van der Waals surface area contributed by atoms with Gasteiger partial charge in [0.05, 0.1) is 13.2 Å². The van der Waals surface area contributed by atoms with Crippen LogP contribution in [-0.4, -0.2) is 30.6 Å². The van der Waals surface area contributed by atoms with E-state index in [1.54, 1.807) is 6.20 Å². The summed E-state index contributed by atoms with van der Waals surface area (Å²) in [6, 6.07) is 13.8. The largest absolute Gasteiger partial charge is 0.490 e. The molecule has 2 aliphatic heterocycles.